The minimum atomic E-state index is -0.538. The molecule has 1 unspecified atom stereocenters. The van der Waals surface area contributed by atoms with Crippen molar-refractivity contribution in [3.8, 4) is 0 Å². The molecular weight excluding hydrogens is 168 g/mol. The number of carbonyl (C=O) groups is 1. The van der Waals surface area contributed by atoms with Gasteiger partial charge in [0.15, 0.2) is 0 Å². The van der Waals surface area contributed by atoms with Gasteiger partial charge in [-0.05, 0) is 19.8 Å². The Kier molecular flexibility index (Phi) is 4.95. The van der Waals surface area contributed by atoms with Crippen LogP contribution in [0, 0.1) is 0 Å². The number of nitrogens with one attached hydrogen (secondary N) is 1. The van der Waals surface area contributed by atoms with Gasteiger partial charge in [0, 0.05) is 0 Å². The van der Waals surface area contributed by atoms with Gasteiger partial charge >= 0.3 is 0 Å². The summed E-state index contributed by atoms with van der Waals surface area (Å²) in [4.78, 5) is 11.4. The van der Waals surface area contributed by atoms with Crippen molar-refractivity contribution in [2.75, 3.05) is 6.61 Å². The van der Waals surface area contributed by atoms with Gasteiger partial charge in [-0.1, -0.05) is 13.8 Å². The van der Waals surface area contributed by atoms with Crippen molar-refractivity contribution in [2.24, 2.45) is 5.73 Å². The average Bonchev–Trinajstić information content (AvgIpc) is 2.16. The Morgan fingerprint density at radius 1 is 1.62 bits per heavy atom. The van der Waals surface area contributed by atoms with E-state index in [4.69, 9.17) is 10.8 Å². The summed E-state index contributed by atoms with van der Waals surface area (Å²) < 4.78 is 0. The molecule has 0 saturated heterocycles. The number of amides is 1. The molecule has 0 aromatic heterocycles. The number of aliphatic hydroxyl groups is 1. The molecule has 13 heavy (non-hydrogen) atoms. The van der Waals surface area contributed by atoms with Gasteiger partial charge in [-0.2, -0.15) is 0 Å². The van der Waals surface area contributed by atoms with Gasteiger partial charge in [0.25, 0.3) is 0 Å². The first-order valence-corrected chi connectivity index (χ1v) is 4.67. The molecule has 4 nitrogen and oxygen atoms in total. The van der Waals surface area contributed by atoms with Crippen molar-refractivity contribution in [2.45, 2.75) is 45.2 Å². The molecule has 4 N–H and O–H groups in total. The first-order valence-electron chi connectivity index (χ1n) is 4.67. The van der Waals surface area contributed by atoms with E-state index in [1.807, 2.05) is 13.8 Å². The van der Waals surface area contributed by atoms with Crippen LogP contribution in [-0.2, 0) is 4.79 Å². The molecule has 0 aromatic carbocycles. The minimum absolute atomic E-state index is 0.0638. The maximum atomic E-state index is 11.4. The zero-order chi connectivity index (χ0) is 10.5. The first kappa shape index (κ1) is 12.4. The number of nitrogens with two attached hydrogens (primary N) is 1. The summed E-state index contributed by atoms with van der Waals surface area (Å²) in [5.41, 5.74) is 5.00. The molecule has 0 saturated carbocycles. The molecule has 2 atom stereocenters. The fraction of sp³-hybridized carbons (Fsp3) is 0.889. The molecule has 0 radical (unpaired) electrons. The fourth-order valence-corrected chi connectivity index (χ4v) is 0.815. The van der Waals surface area contributed by atoms with E-state index in [2.05, 4.69) is 5.32 Å². The highest BCUT2D eigenvalue weighted by Gasteiger charge is 2.25. The minimum Gasteiger partial charge on any atom is -0.394 e. The van der Waals surface area contributed by atoms with Crippen LogP contribution < -0.4 is 11.1 Å². The maximum absolute atomic E-state index is 11.4. The highest BCUT2D eigenvalue weighted by molar-refractivity contribution is 5.82. The second-order valence-corrected chi connectivity index (χ2v) is 3.58. The van der Waals surface area contributed by atoms with Crippen molar-refractivity contribution in [1.82, 2.24) is 5.32 Å². The van der Waals surface area contributed by atoms with Gasteiger partial charge in [0.05, 0.1) is 18.2 Å². The summed E-state index contributed by atoms with van der Waals surface area (Å²) in [6.45, 7) is 5.50. The molecule has 1 amide bonds. The Morgan fingerprint density at radius 3 is 2.46 bits per heavy atom. The molecule has 4 heteroatoms. The Bertz CT molecular complexity index is 167. The quantitative estimate of drug-likeness (QED) is 0.568. The van der Waals surface area contributed by atoms with E-state index in [9.17, 15) is 4.79 Å². The lowest BCUT2D eigenvalue weighted by molar-refractivity contribution is -0.124. The second-order valence-electron chi connectivity index (χ2n) is 3.58. The number of aliphatic hydroxyl groups excluding tert-OH is 1. The van der Waals surface area contributed by atoms with E-state index in [0.29, 0.717) is 12.8 Å². The zero-order valence-electron chi connectivity index (χ0n) is 8.63. The van der Waals surface area contributed by atoms with E-state index >= 15 is 0 Å². The van der Waals surface area contributed by atoms with Crippen LogP contribution >= 0.6 is 0 Å². The van der Waals surface area contributed by atoms with Crippen LogP contribution in [0.15, 0.2) is 0 Å². The molecule has 0 heterocycles. The third-order valence-corrected chi connectivity index (χ3v) is 2.33. The molecule has 0 bridgehead atoms. The molecule has 0 aromatic rings. The SMILES string of the molecule is CC[C@H](N)C(=O)NC(C)(CC)CO. The molecule has 78 valence electrons. The summed E-state index contributed by atoms with van der Waals surface area (Å²) in [5, 5.41) is 11.8. The van der Waals surface area contributed by atoms with Crippen molar-refractivity contribution >= 4 is 5.91 Å². The van der Waals surface area contributed by atoms with Crippen LogP contribution in [0.3, 0.4) is 0 Å². The van der Waals surface area contributed by atoms with E-state index in [1.54, 1.807) is 6.92 Å². The lowest BCUT2D eigenvalue weighted by atomic mass is 9.99. The smallest absolute Gasteiger partial charge is 0.237 e. The number of hydrogen-bond acceptors (Lipinski definition) is 3. The lowest BCUT2D eigenvalue weighted by Crippen LogP contribution is -2.53. The number of hydrogen-bond donors (Lipinski definition) is 3. The zero-order valence-corrected chi connectivity index (χ0v) is 8.63. The van der Waals surface area contributed by atoms with E-state index in [1.165, 1.54) is 0 Å². The Hall–Kier alpha value is -0.610. The maximum Gasteiger partial charge on any atom is 0.237 e. The Balaban J connectivity index is 4.17. The molecule has 0 rings (SSSR count). The standard InChI is InChI=1S/C9H20N2O2/c1-4-7(10)8(13)11-9(3,5-2)6-12/h7,12H,4-6,10H2,1-3H3,(H,11,13)/t7-,9?/m0/s1. The summed E-state index contributed by atoms with van der Waals surface area (Å²) in [6, 6.07) is -0.475. The highest BCUT2D eigenvalue weighted by atomic mass is 16.3. The van der Waals surface area contributed by atoms with Crippen LogP contribution in [0.2, 0.25) is 0 Å². The van der Waals surface area contributed by atoms with E-state index < -0.39 is 11.6 Å². The van der Waals surface area contributed by atoms with Gasteiger partial charge in [0.1, 0.15) is 0 Å². The Labute approximate surface area is 79.5 Å². The normalized spacial score (nSPS) is 17.6. The third kappa shape index (κ3) is 3.74. The number of rotatable bonds is 5. The van der Waals surface area contributed by atoms with Crippen LogP contribution in [-0.4, -0.2) is 29.2 Å². The molecule has 0 spiro atoms. The summed E-state index contributed by atoms with van der Waals surface area (Å²) in [5.74, 6) is -0.194. The van der Waals surface area contributed by atoms with Crippen LogP contribution in [0.25, 0.3) is 0 Å². The van der Waals surface area contributed by atoms with Crippen molar-refractivity contribution in [1.29, 1.82) is 0 Å². The third-order valence-electron chi connectivity index (χ3n) is 2.33. The van der Waals surface area contributed by atoms with Crippen molar-refractivity contribution in [3.63, 3.8) is 0 Å². The average molecular weight is 188 g/mol. The predicted octanol–water partition coefficient (Wildman–Crippen LogP) is 0.000900. The summed E-state index contributed by atoms with van der Waals surface area (Å²) >= 11 is 0. The van der Waals surface area contributed by atoms with Gasteiger partial charge in [-0.15, -0.1) is 0 Å². The van der Waals surface area contributed by atoms with Crippen LogP contribution in [0.4, 0.5) is 0 Å². The first-order chi connectivity index (χ1) is 5.99. The van der Waals surface area contributed by atoms with E-state index in [-0.39, 0.29) is 12.5 Å². The summed E-state index contributed by atoms with van der Waals surface area (Å²) in [7, 11) is 0. The largest absolute Gasteiger partial charge is 0.394 e. The van der Waals surface area contributed by atoms with Crippen LogP contribution in [0.1, 0.15) is 33.6 Å². The fourth-order valence-electron chi connectivity index (χ4n) is 0.815. The van der Waals surface area contributed by atoms with Gasteiger partial charge < -0.3 is 16.2 Å². The molecule has 0 fully saturated rings. The van der Waals surface area contributed by atoms with Gasteiger partial charge in [0.2, 0.25) is 5.91 Å². The number of carbonyl (C=O) groups excluding carboxylic acids is 1. The molecule has 0 aliphatic carbocycles. The topological polar surface area (TPSA) is 75.4 Å². The molecular formula is C9H20N2O2. The second kappa shape index (κ2) is 5.19. The molecule has 0 aliphatic rings. The summed E-state index contributed by atoms with van der Waals surface area (Å²) in [6.07, 6.45) is 1.29. The Morgan fingerprint density at radius 2 is 2.15 bits per heavy atom. The monoisotopic (exact) mass is 188 g/mol. The molecule has 0 aliphatic heterocycles. The van der Waals surface area contributed by atoms with Gasteiger partial charge in [-0.3, -0.25) is 4.79 Å². The predicted molar refractivity (Wildman–Crippen MR) is 52.2 cm³/mol. The van der Waals surface area contributed by atoms with Crippen LogP contribution in [0.5, 0.6) is 0 Å². The van der Waals surface area contributed by atoms with Gasteiger partial charge in [-0.25, -0.2) is 0 Å². The highest BCUT2D eigenvalue weighted by Crippen LogP contribution is 2.07. The van der Waals surface area contributed by atoms with Crippen molar-refractivity contribution in [3.05, 3.63) is 0 Å². The van der Waals surface area contributed by atoms with Crippen molar-refractivity contribution < 1.29 is 9.90 Å². The van der Waals surface area contributed by atoms with E-state index in [0.717, 1.165) is 0 Å². The lowest BCUT2D eigenvalue weighted by Gasteiger charge is -2.28.